The first-order chi connectivity index (χ1) is 9.92. The highest BCUT2D eigenvalue weighted by molar-refractivity contribution is 5.95. The fraction of sp³-hybridized carbons (Fsp3) is 0.600. The third kappa shape index (κ3) is 4.41. The Balaban J connectivity index is 2.86. The zero-order chi connectivity index (χ0) is 16.0. The molecule has 0 aliphatic heterocycles. The van der Waals surface area contributed by atoms with Crippen LogP contribution in [-0.4, -0.2) is 41.4 Å². The summed E-state index contributed by atoms with van der Waals surface area (Å²) in [4.78, 5) is 24.5. The molecule has 1 amide bonds. The van der Waals surface area contributed by atoms with Crippen LogP contribution in [0, 0.1) is 13.8 Å². The lowest BCUT2D eigenvalue weighted by Crippen LogP contribution is -2.39. The number of aliphatic hydroxyl groups is 1. The molecule has 0 aromatic carbocycles. The molecule has 1 aromatic heterocycles. The van der Waals surface area contributed by atoms with E-state index in [1.807, 2.05) is 26.8 Å². The van der Waals surface area contributed by atoms with E-state index in [1.165, 1.54) is 0 Å². The van der Waals surface area contributed by atoms with Crippen LogP contribution < -0.4 is 10.9 Å². The van der Waals surface area contributed by atoms with E-state index >= 15 is 0 Å². The Kier molecular flexibility index (Phi) is 6.58. The number of carbonyl (C=O) groups is 1. The largest absolute Gasteiger partial charge is 0.389 e. The fourth-order valence-corrected chi connectivity index (χ4v) is 2.21. The number of aromatic nitrogens is 1. The minimum absolute atomic E-state index is 0.0533. The van der Waals surface area contributed by atoms with Crippen LogP contribution in [-0.2, 0) is 11.3 Å². The number of pyridine rings is 1. The van der Waals surface area contributed by atoms with Gasteiger partial charge in [0, 0.05) is 25.4 Å². The fourth-order valence-electron chi connectivity index (χ4n) is 2.21. The van der Waals surface area contributed by atoms with E-state index < -0.39 is 12.0 Å². The standard InChI is InChI=1S/C15H24N2O4/c1-5-17-11(4)7-10(3)13(15(17)20)14(19)16-8-12(18)9-21-6-2/h7,12,18H,5-6,8-9H2,1-4H3,(H,16,19)/t12-/m1/s1. The number of hydrogen-bond acceptors (Lipinski definition) is 4. The Bertz CT molecular complexity index is 551. The van der Waals surface area contributed by atoms with Crippen molar-refractivity contribution in [1.82, 2.24) is 9.88 Å². The summed E-state index contributed by atoms with van der Waals surface area (Å²) in [7, 11) is 0. The zero-order valence-electron chi connectivity index (χ0n) is 13.1. The molecule has 0 fully saturated rings. The summed E-state index contributed by atoms with van der Waals surface area (Å²) >= 11 is 0. The number of carbonyl (C=O) groups excluding carboxylic acids is 1. The number of aliphatic hydroxyl groups excluding tert-OH is 1. The van der Waals surface area contributed by atoms with Crippen LogP contribution in [0.5, 0.6) is 0 Å². The molecule has 0 aliphatic carbocycles. The van der Waals surface area contributed by atoms with Gasteiger partial charge in [0.15, 0.2) is 0 Å². The Morgan fingerprint density at radius 3 is 2.67 bits per heavy atom. The minimum Gasteiger partial charge on any atom is -0.389 e. The summed E-state index contributed by atoms with van der Waals surface area (Å²) in [6.45, 7) is 8.48. The summed E-state index contributed by atoms with van der Waals surface area (Å²) in [5.74, 6) is -0.463. The third-order valence-corrected chi connectivity index (χ3v) is 3.26. The molecule has 0 bridgehead atoms. The molecule has 1 rings (SSSR count). The molecule has 21 heavy (non-hydrogen) atoms. The Labute approximate surface area is 124 Å². The van der Waals surface area contributed by atoms with Crippen molar-refractivity contribution in [3.63, 3.8) is 0 Å². The van der Waals surface area contributed by atoms with Crippen molar-refractivity contribution in [2.45, 2.75) is 40.3 Å². The summed E-state index contributed by atoms with van der Waals surface area (Å²) in [5.41, 5.74) is 1.30. The number of amides is 1. The predicted molar refractivity (Wildman–Crippen MR) is 80.7 cm³/mol. The summed E-state index contributed by atoms with van der Waals surface area (Å²) in [6, 6.07) is 1.82. The van der Waals surface area contributed by atoms with Gasteiger partial charge in [-0.15, -0.1) is 0 Å². The van der Waals surface area contributed by atoms with Gasteiger partial charge in [0.1, 0.15) is 5.56 Å². The number of nitrogens with one attached hydrogen (secondary N) is 1. The second-order valence-electron chi connectivity index (χ2n) is 4.92. The van der Waals surface area contributed by atoms with Crippen molar-refractivity contribution in [2.24, 2.45) is 0 Å². The molecule has 0 saturated carbocycles. The van der Waals surface area contributed by atoms with Crippen LogP contribution in [0.4, 0.5) is 0 Å². The first-order valence-corrected chi connectivity index (χ1v) is 7.17. The molecular formula is C15H24N2O4. The lowest BCUT2D eigenvalue weighted by molar-refractivity contribution is 0.0418. The van der Waals surface area contributed by atoms with Crippen molar-refractivity contribution in [3.05, 3.63) is 33.2 Å². The van der Waals surface area contributed by atoms with Crippen molar-refractivity contribution < 1.29 is 14.6 Å². The van der Waals surface area contributed by atoms with Crippen LogP contribution in [0.15, 0.2) is 10.9 Å². The molecule has 0 unspecified atom stereocenters. The highest BCUT2D eigenvalue weighted by atomic mass is 16.5. The van der Waals surface area contributed by atoms with Crippen LogP contribution in [0.1, 0.15) is 35.5 Å². The highest BCUT2D eigenvalue weighted by Gasteiger charge is 2.17. The Hall–Kier alpha value is -1.66. The SMILES string of the molecule is CCOC[C@H](O)CNC(=O)c1c(C)cc(C)n(CC)c1=O. The number of nitrogens with zero attached hydrogens (tertiary/aromatic N) is 1. The van der Waals surface area contributed by atoms with E-state index in [0.717, 1.165) is 5.69 Å². The highest BCUT2D eigenvalue weighted by Crippen LogP contribution is 2.06. The van der Waals surface area contributed by atoms with E-state index in [9.17, 15) is 14.7 Å². The van der Waals surface area contributed by atoms with Gasteiger partial charge in [-0.1, -0.05) is 0 Å². The van der Waals surface area contributed by atoms with E-state index in [-0.39, 0.29) is 24.3 Å². The van der Waals surface area contributed by atoms with Gasteiger partial charge in [0.05, 0.1) is 12.7 Å². The van der Waals surface area contributed by atoms with Crippen LogP contribution in [0.2, 0.25) is 0 Å². The summed E-state index contributed by atoms with van der Waals surface area (Å²) in [6.07, 6.45) is -0.784. The monoisotopic (exact) mass is 296 g/mol. The van der Waals surface area contributed by atoms with E-state index in [0.29, 0.717) is 18.7 Å². The Morgan fingerprint density at radius 2 is 2.10 bits per heavy atom. The third-order valence-electron chi connectivity index (χ3n) is 3.26. The van der Waals surface area contributed by atoms with Gasteiger partial charge in [0.2, 0.25) is 0 Å². The number of aryl methyl sites for hydroxylation is 2. The molecule has 6 heteroatoms. The van der Waals surface area contributed by atoms with Crippen molar-refractivity contribution >= 4 is 5.91 Å². The van der Waals surface area contributed by atoms with Crippen molar-refractivity contribution in [1.29, 1.82) is 0 Å². The molecular weight excluding hydrogens is 272 g/mol. The normalized spacial score (nSPS) is 12.2. The second kappa shape index (κ2) is 7.95. The van der Waals surface area contributed by atoms with Gasteiger partial charge in [-0.25, -0.2) is 0 Å². The number of hydrogen-bond donors (Lipinski definition) is 2. The zero-order valence-corrected chi connectivity index (χ0v) is 13.1. The summed E-state index contributed by atoms with van der Waals surface area (Å²) in [5, 5.41) is 12.2. The van der Waals surface area contributed by atoms with Crippen LogP contribution in [0.25, 0.3) is 0 Å². The predicted octanol–water partition coefficient (Wildman–Crippen LogP) is 0.612. The van der Waals surface area contributed by atoms with Gasteiger partial charge >= 0.3 is 0 Å². The average molecular weight is 296 g/mol. The molecule has 1 atom stereocenters. The maximum absolute atomic E-state index is 12.3. The van der Waals surface area contributed by atoms with Gasteiger partial charge in [0.25, 0.3) is 11.5 Å². The van der Waals surface area contributed by atoms with Gasteiger partial charge in [-0.3, -0.25) is 9.59 Å². The smallest absolute Gasteiger partial charge is 0.263 e. The molecule has 1 aromatic rings. The summed E-state index contributed by atoms with van der Waals surface area (Å²) < 4.78 is 6.62. The molecule has 6 nitrogen and oxygen atoms in total. The lowest BCUT2D eigenvalue weighted by atomic mass is 10.1. The molecule has 0 radical (unpaired) electrons. The average Bonchev–Trinajstić information content (AvgIpc) is 2.42. The molecule has 0 spiro atoms. The number of ether oxygens (including phenoxy) is 1. The first-order valence-electron chi connectivity index (χ1n) is 7.17. The molecule has 0 saturated heterocycles. The second-order valence-corrected chi connectivity index (χ2v) is 4.92. The van der Waals surface area contributed by atoms with Gasteiger partial charge in [-0.2, -0.15) is 0 Å². The number of rotatable bonds is 7. The topological polar surface area (TPSA) is 80.6 Å². The van der Waals surface area contributed by atoms with Crippen molar-refractivity contribution in [3.8, 4) is 0 Å². The van der Waals surface area contributed by atoms with E-state index in [4.69, 9.17) is 4.74 Å². The van der Waals surface area contributed by atoms with Gasteiger partial charge < -0.3 is 19.7 Å². The quantitative estimate of drug-likeness (QED) is 0.772. The van der Waals surface area contributed by atoms with E-state index in [1.54, 1.807) is 11.5 Å². The molecule has 118 valence electrons. The molecule has 0 aliphatic rings. The molecule has 2 N–H and O–H groups in total. The molecule has 1 heterocycles. The first kappa shape index (κ1) is 17.4. The van der Waals surface area contributed by atoms with Crippen molar-refractivity contribution in [2.75, 3.05) is 19.8 Å². The Morgan fingerprint density at radius 1 is 1.43 bits per heavy atom. The minimum atomic E-state index is -0.784. The lowest BCUT2D eigenvalue weighted by Gasteiger charge is -2.14. The van der Waals surface area contributed by atoms with Gasteiger partial charge in [-0.05, 0) is 39.3 Å². The van der Waals surface area contributed by atoms with Crippen LogP contribution in [0.3, 0.4) is 0 Å². The van der Waals surface area contributed by atoms with E-state index in [2.05, 4.69) is 5.32 Å². The maximum Gasteiger partial charge on any atom is 0.263 e. The maximum atomic E-state index is 12.3. The van der Waals surface area contributed by atoms with Crippen LogP contribution >= 0.6 is 0 Å².